The molecule has 6 nitrogen and oxygen atoms in total. The summed E-state index contributed by atoms with van der Waals surface area (Å²) in [6.45, 7) is 1.64. The Kier molecular flexibility index (Phi) is 4.95. The van der Waals surface area contributed by atoms with Crippen molar-refractivity contribution in [2.75, 3.05) is 13.2 Å². The molecule has 1 atom stereocenters. The van der Waals surface area contributed by atoms with Gasteiger partial charge in [-0.05, 0) is 30.5 Å². The zero-order valence-electron chi connectivity index (χ0n) is 11.1. The van der Waals surface area contributed by atoms with E-state index in [0.717, 1.165) is 25.0 Å². The number of nitrogens with one attached hydrogen (secondary N) is 2. The van der Waals surface area contributed by atoms with Gasteiger partial charge in [0.15, 0.2) is 0 Å². The molecule has 0 unspecified atom stereocenters. The minimum absolute atomic E-state index is 0.121. The molecule has 1 saturated heterocycles. The van der Waals surface area contributed by atoms with Gasteiger partial charge in [-0.15, -0.1) is 0 Å². The van der Waals surface area contributed by atoms with Crippen molar-refractivity contribution in [1.82, 2.24) is 10.6 Å². The molecular weight excluding hydrogens is 260 g/mol. The van der Waals surface area contributed by atoms with E-state index < -0.39 is 5.97 Å². The summed E-state index contributed by atoms with van der Waals surface area (Å²) in [4.78, 5) is 22.3. The number of carboxylic acids is 1. The van der Waals surface area contributed by atoms with Gasteiger partial charge in [-0.3, -0.25) is 0 Å². The molecular formula is C14H18N2O4. The van der Waals surface area contributed by atoms with E-state index in [4.69, 9.17) is 9.84 Å². The van der Waals surface area contributed by atoms with Crippen molar-refractivity contribution in [3.63, 3.8) is 0 Å². The highest BCUT2D eigenvalue weighted by Gasteiger charge is 2.15. The third-order valence-corrected chi connectivity index (χ3v) is 3.17. The van der Waals surface area contributed by atoms with Gasteiger partial charge in [0.05, 0.1) is 11.7 Å². The van der Waals surface area contributed by atoms with E-state index >= 15 is 0 Å². The Bertz CT molecular complexity index is 467. The summed E-state index contributed by atoms with van der Waals surface area (Å²) >= 11 is 0. The number of ether oxygens (including phenoxy) is 1. The van der Waals surface area contributed by atoms with Crippen LogP contribution in [-0.4, -0.2) is 36.4 Å². The second-order valence-corrected chi connectivity index (χ2v) is 4.70. The van der Waals surface area contributed by atoms with Crippen LogP contribution in [0, 0.1) is 0 Å². The van der Waals surface area contributed by atoms with Crippen LogP contribution in [0.3, 0.4) is 0 Å². The molecule has 0 aliphatic carbocycles. The molecule has 6 heteroatoms. The number of benzene rings is 1. The van der Waals surface area contributed by atoms with Crippen molar-refractivity contribution < 1.29 is 19.4 Å². The third-order valence-electron chi connectivity index (χ3n) is 3.17. The minimum atomic E-state index is -0.959. The predicted octanol–water partition coefficient (Wildman–Crippen LogP) is 1.36. The smallest absolute Gasteiger partial charge is 0.335 e. The molecule has 1 aromatic carbocycles. The van der Waals surface area contributed by atoms with Crippen molar-refractivity contribution in [3.05, 3.63) is 35.4 Å². The van der Waals surface area contributed by atoms with Gasteiger partial charge in [0.2, 0.25) is 0 Å². The van der Waals surface area contributed by atoms with Crippen LogP contribution in [0.1, 0.15) is 28.8 Å². The first-order valence-electron chi connectivity index (χ1n) is 6.60. The van der Waals surface area contributed by atoms with Crippen molar-refractivity contribution in [2.45, 2.75) is 25.5 Å². The molecule has 1 aliphatic heterocycles. The summed E-state index contributed by atoms with van der Waals surface area (Å²) in [5, 5.41) is 14.2. The molecule has 0 bridgehead atoms. The Morgan fingerprint density at radius 1 is 1.25 bits per heavy atom. The number of carboxylic acid groups (broad SMARTS) is 1. The molecule has 0 saturated carbocycles. The van der Waals surface area contributed by atoms with Gasteiger partial charge in [-0.2, -0.15) is 0 Å². The maximum absolute atomic E-state index is 11.6. The van der Waals surface area contributed by atoms with Crippen LogP contribution < -0.4 is 10.6 Å². The lowest BCUT2D eigenvalue weighted by molar-refractivity contribution is 0.0697. The van der Waals surface area contributed by atoms with Crippen LogP contribution in [0.4, 0.5) is 4.79 Å². The Morgan fingerprint density at radius 3 is 2.60 bits per heavy atom. The molecule has 3 N–H and O–H groups in total. The quantitative estimate of drug-likeness (QED) is 0.759. The van der Waals surface area contributed by atoms with E-state index in [1.54, 1.807) is 12.1 Å². The molecule has 2 amide bonds. The largest absolute Gasteiger partial charge is 0.478 e. The van der Waals surface area contributed by atoms with Crippen LogP contribution in [0.5, 0.6) is 0 Å². The highest BCUT2D eigenvalue weighted by Crippen LogP contribution is 2.10. The Labute approximate surface area is 117 Å². The van der Waals surface area contributed by atoms with Gasteiger partial charge in [0.25, 0.3) is 0 Å². The highest BCUT2D eigenvalue weighted by atomic mass is 16.5. The molecule has 1 aliphatic rings. The molecule has 1 fully saturated rings. The SMILES string of the molecule is O=C(NCc1ccc(C(=O)O)cc1)NC[C@H]1CCCO1. The summed E-state index contributed by atoms with van der Waals surface area (Å²) < 4.78 is 5.40. The number of aromatic carboxylic acids is 1. The average molecular weight is 278 g/mol. The van der Waals surface area contributed by atoms with E-state index in [2.05, 4.69) is 10.6 Å². The zero-order chi connectivity index (χ0) is 14.4. The number of urea groups is 1. The van der Waals surface area contributed by atoms with Crippen molar-refractivity contribution in [3.8, 4) is 0 Å². The number of amides is 2. The van der Waals surface area contributed by atoms with Crippen LogP contribution >= 0.6 is 0 Å². The summed E-state index contributed by atoms with van der Waals surface area (Å²) in [5.74, 6) is -0.959. The summed E-state index contributed by atoms with van der Waals surface area (Å²) in [7, 11) is 0. The van der Waals surface area contributed by atoms with Gasteiger partial charge in [-0.25, -0.2) is 9.59 Å². The Hall–Kier alpha value is -2.08. The van der Waals surface area contributed by atoms with Gasteiger partial charge in [0, 0.05) is 19.7 Å². The van der Waals surface area contributed by atoms with Gasteiger partial charge in [-0.1, -0.05) is 12.1 Å². The molecule has 108 valence electrons. The fourth-order valence-corrected chi connectivity index (χ4v) is 2.02. The predicted molar refractivity (Wildman–Crippen MR) is 72.6 cm³/mol. The first-order valence-corrected chi connectivity index (χ1v) is 6.60. The maximum atomic E-state index is 11.6. The zero-order valence-corrected chi connectivity index (χ0v) is 11.1. The maximum Gasteiger partial charge on any atom is 0.335 e. The number of carbonyl (C=O) groups is 2. The van der Waals surface area contributed by atoms with Crippen LogP contribution in [-0.2, 0) is 11.3 Å². The van der Waals surface area contributed by atoms with Crippen molar-refractivity contribution in [1.29, 1.82) is 0 Å². The average Bonchev–Trinajstić information content (AvgIpc) is 2.96. The third kappa shape index (κ3) is 4.24. The normalized spacial score (nSPS) is 17.7. The fraction of sp³-hybridized carbons (Fsp3) is 0.429. The minimum Gasteiger partial charge on any atom is -0.478 e. The molecule has 1 aromatic rings. The molecule has 20 heavy (non-hydrogen) atoms. The van der Waals surface area contributed by atoms with Gasteiger partial charge >= 0.3 is 12.0 Å². The lowest BCUT2D eigenvalue weighted by Gasteiger charge is -2.11. The van der Waals surface area contributed by atoms with Crippen LogP contribution in [0.25, 0.3) is 0 Å². The lowest BCUT2D eigenvalue weighted by atomic mass is 10.1. The fourth-order valence-electron chi connectivity index (χ4n) is 2.02. The van der Waals surface area contributed by atoms with E-state index in [-0.39, 0.29) is 17.7 Å². The number of carbonyl (C=O) groups excluding carboxylic acids is 1. The number of hydrogen-bond acceptors (Lipinski definition) is 3. The Balaban J connectivity index is 1.70. The van der Waals surface area contributed by atoms with Crippen LogP contribution in [0.2, 0.25) is 0 Å². The van der Waals surface area contributed by atoms with E-state index in [9.17, 15) is 9.59 Å². The first kappa shape index (κ1) is 14.3. The topological polar surface area (TPSA) is 87.7 Å². The molecule has 0 radical (unpaired) electrons. The molecule has 2 rings (SSSR count). The second kappa shape index (κ2) is 6.91. The molecule has 0 aromatic heterocycles. The first-order chi connectivity index (χ1) is 9.65. The van der Waals surface area contributed by atoms with Crippen molar-refractivity contribution >= 4 is 12.0 Å². The van der Waals surface area contributed by atoms with E-state index in [0.29, 0.717) is 13.1 Å². The van der Waals surface area contributed by atoms with Gasteiger partial charge in [0.1, 0.15) is 0 Å². The number of rotatable bonds is 5. The standard InChI is InChI=1S/C14H18N2O4/c17-13(18)11-5-3-10(4-6-11)8-15-14(19)16-9-12-2-1-7-20-12/h3-6,12H,1-2,7-9H2,(H,17,18)(H2,15,16,19)/t12-/m1/s1. The van der Waals surface area contributed by atoms with Crippen molar-refractivity contribution in [2.24, 2.45) is 0 Å². The van der Waals surface area contributed by atoms with E-state index in [1.807, 2.05) is 0 Å². The lowest BCUT2D eigenvalue weighted by Crippen LogP contribution is -2.39. The second-order valence-electron chi connectivity index (χ2n) is 4.70. The van der Waals surface area contributed by atoms with Crippen LogP contribution in [0.15, 0.2) is 24.3 Å². The Morgan fingerprint density at radius 2 is 2.00 bits per heavy atom. The number of hydrogen-bond donors (Lipinski definition) is 3. The molecule has 0 spiro atoms. The monoisotopic (exact) mass is 278 g/mol. The molecule has 1 heterocycles. The summed E-state index contributed by atoms with van der Waals surface area (Å²) in [5.41, 5.74) is 1.08. The summed E-state index contributed by atoms with van der Waals surface area (Å²) in [6, 6.07) is 6.16. The highest BCUT2D eigenvalue weighted by molar-refractivity contribution is 5.87. The van der Waals surface area contributed by atoms with Gasteiger partial charge < -0.3 is 20.5 Å². The summed E-state index contributed by atoms with van der Waals surface area (Å²) in [6.07, 6.45) is 2.15. The van der Waals surface area contributed by atoms with E-state index in [1.165, 1.54) is 12.1 Å².